The molecular formula is C20H20N4O2. The van der Waals surface area contributed by atoms with Crippen LogP contribution in [0.15, 0.2) is 67.0 Å². The first-order valence-electron chi connectivity index (χ1n) is 8.60. The van der Waals surface area contributed by atoms with Crippen LogP contribution in [-0.2, 0) is 9.53 Å². The SMILES string of the molecule is COCC(=O)N1c2ncnn2[C@H](c2ccccc2)C[C@H]1c1ccccc1. The van der Waals surface area contributed by atoms with Crippen LogP contribution in [0.4, 0.5) is 5.95 Å². The van der Waals surface area contributed by atoms with Crippen molar-refractivity contribution in [3.05, 3.63) is 78.1 Å². The number of amides is 1. The highest BCUT2D eigenvalue weighted by atomic mass is 16.5. The maximum absolute atomic E-state index is 12.8. The van der Waals surface area contributed by atoms with E-state index < -0.39 is 0 Å². The fourth-order valence-electron chi connectivity index (χ4n) is 3.58. The highest BCUT2D eigenvalue weighted by molar-refractivity contribution is 5.93. The molecule has 4 rings (SSSR count). The van der Waals surface area contributed by atoms with Crippen molar-refractivity contribution in [2.75, 3.05) is 18.6 Å². The zero-order valence-corrected chi connectivity index (χ0v) is 14.5. The van der Waals surface area contributed by atoms with Gasteiger partial charge in [-0.3, -0.25) is 9.69 Å². The lowest BCUT2D eigenvalue weighted by Crippen LogP contribution is -2.44. The fraction of sp³-hybridized carbons (Fsp3) is 0.250. The zero-order chi connectivity index (χ0) is 17.9. The van der Waals surface area contributed by atoms with Crippen LogP contribution in [0, 0.1) is 0 Å². The van der Waals surface area contributed by atoms with Crippen molar-refractivity contribution in [3.8, 4) is 0 Å². The van der Waals surface area contributed by atoms with Crippen LogP contribution in [0.2, 0.25) is 0 Å². The second-order valence-corrected chi connectivity index (χ2v) is 6.29. The molecule has 0 fully saturated rings. The van der Waals surface area contributed by atoms with Gasteiger partial charge in [0.1, 0.15) is 12.9 Å². The molecule has 0 saturated carbocycles. The van der Waals surface area contributed by atoms with E-state index in [1.165, 1.54) is 13.4 Å². The molecule has 0 aliphatic carbocycles. The van der Waals surface area contributed by atoms with Crippen LogP contribution in [0.25, 0.3) is 0 Å². The van der Waals surface area contributed by atoms with Gasteiger partial charge >= 0.3 is 0 Å². The van der Waals surface area contributed by atoms with Gasteiger partial charge in [0.15, 0.2) is 0 Å². The van der Waals surface area contributed by atoms with E-state index in [4.69, 9.17) is 4.74 Å². The van der Waals surface area contributed by atoms with Gasteiger partial charge in [0.05, 0.1) is 12.1 Å². The molecule has 2 aromatic carbocycles. The zero-order valence-electron chi connectivity index (χ0n) is 14.5. The minimum absolute atomic E-state index is 0.00615. The predicted molar refractivity (Wildman–Crippen MR) is 97.8 cm³/mol. The largest absolute Gasteiger partial charge is 0.375 e. The molecule has 6 heteroatoms. The van der Waals surface area contributed by atoms with Crippen molar-refractivity contribution < 1.29 is 9.53 Å². The van der Waals surface area contributed by atoms with Gasteiger partial charge in [-0.2, -0.15) is 10.1 Å². The van der Waals surface area contributed by atoms with Gasteiger partial charge in [-0.15, -0.1) is 0 Å². The highest BCUT2D eigenvalue weighted by Crippen LogP contribution is 2.41. The molecule has 0 unspecified atom stereocenters. The maximum atomic E-state index is 12.8. The first-order valence-corrected chi connectivity index (χ1v) is 8.60. The molecule has 132 valence electrons. The topological polar surface area (TPSA) is 60.2 Å². The Balaban J connectivity index is 1.82. The molecule has 26 heavy (non-hydrogen) atoms. The second-order valence-electron chi connectivity index (χ2n) is 6.29. The molecular weight excluding hydrogens is 328 g/mol. The van der Waals surface area contributed by atoms with E-state index >= 15 is 0 Å². The second kappa shape index (κ2) is 7.09. The summed E-state index contributed by atoms with van der Waals surface area (Å²) in [6.45, 7) is 0.00615. The van der Waals surface area contributed by atoms with Crippen molar-refractivity contribution in [2.45, 2.75) is 18.5 Å². The molecule has 1 amide bonds. The predicted octanol–water partition coefficient (Wildman–Crippen LogP) is 2.99. The van der Waals surface area contributed by atoms with Gasteiger partial charge in [0.25, 0.3) is 5.91 Å². The molecule has 1 aliphatic rings. The summed E-state index contributed by atoms with van der Waals surface area (Å²) in [5.74, 6) is 0.433. The fourth-order valence-corrected chi connectivity index (χ4v) is 3.58. The van der Waals surface area contributed by atoms with E-state index in [-0.39, 0.29) is 24.6 Å². The maximum Gasteiger partial charge on any atom is 0.255 e. The first kappa shape index (κ1) is 16.5. The standard InChI is InChI=1S/C20H20N4O2/c1-26-13-19(25)23-17(15-8-4-2-5-9-15)12-18(16-10-6-3-7-11-16)24-20(23)21-14-22-24/h2-11,14,17-18H,12-13H2,1H3/t17-,18-/m0/s1. The van der Waals surface area contributed by atoms with Crippen LogP contribution in [-0.4, -0.2) is 34.4 Å². The van der Waals surface area contributed by atoms with E-state index in [0.717, 1.165) is 17.5 Å². The number of fused-ring (bicyclic) bond motifs is 1. The molecule has 6 nitrogen and oxygen atoms in total. The number of benzene rings is 2. The van der Waals surface area contributed by atoms with Gasteiger partial charge < -0.3 is 4.74 Å². The van der Waals surface area contributed by atoms with Crippen molar-refractivity contribution in [3.63, 3.8) is 0 Å². The third kappa shape index (κ3) is 2.88. The molecule has 2 atom stereocenters. The number of carbonyl (C=O) groups is 1. The molecule has 0 radical (unpaired) electrons. The number of carbonyl (C=O) groups excluding carboxylic acids is 1. The van der Waals surface area contributed by atoms with Crippen molar-refractivity contribution >= 4 is 11.9 Å². The summed E-state index contributed by atoms with van der Waals surface area (Å²) in [5, 5.41) is 4.41. The Morgan fingerprint density at radius 1 is 1.04 bits per heavy atom. The number of nitrogens with zero attached hydrogens (tertiary/aromatic N) is 4. The minimum atomic E-state index is -0.124. The van der Waals surface area contributed by atoms with Gasteiger partial charge in [-0.25, -0.2) is 4.68 Å². The average Bonchev–Trinajstić information content (AvgIpc) is 3.18. The summed E-state index contributed by atoms with van der Waals surface area (Å²) in [6.07, 6.45) is 2.23. The van der Waals surface area contributed by atoms with Crippen LogP contribution < -0.4 is 4.90 Å². The smallest absolute Gasteiger partial charge is 0.255 e. The van der Waals surface area contributed by atoms with Crippen molar-refractivity contribution in [1.82, 2.24) is 14.8 Å². The van der Waals surface area contributed by atoms with Gasteiger partial charge in [0.2, 0.25) is 5.95 Å². The molecule has 0 bridgehead atoms. The Bertz CT molecular complexity index is 879. The van der Waals surface area contributed by atoms with Crippen LogP contribution in [0.3, 0.4) is 0 Å². The van der Waals surface area contributed by atoms with Crippen molar-refractivity contribution in [1.29, 1.82) is 0 Å². The lowest BCUT2D eigenvalue weighted by molar-refractivity contribution is -0.123. The molecule has 0 N–H and O–H groups in total. The summed E-state index contributed by atoms with van der Waals surface area (Å²) in [6, 6.07) is 20.2. The van der Waals surface area contributed by atoms with E-state index in [0.29, 0.717) is 5.95 Å². The molecule has 2 heterocycles. The number of anilines is 1. The molecule has 3 aromatic rings. The van der Waals surface area contributed by atoms with E-state index in [1.807, 2.05) is 53.2 Å². The molecule has 0 spiro atoms. The average molecular weight is 348 g/mol. The van der Waals surface area contributed by atoms with Crippen LogP contribution in [0.5, 0.6) is 0 Å². The molecule has 0 saturated heterocycles. The normalized spacial score (nSPS) is 19.2. The summed E-state index contributed by atoms with van der Waals surface area (Å²) in [5.41, 5.74) is 2.23. The lowest BCUT2D eigenvalue weighted by atomic mass is 9.92. The Labute approximate surface area is 152 Å². The van der Waals surface area contributed by atoms with E-state index in [9.17, 15) is 4.79 Å². The highest BCUT2D eigenvalue weighted by Gasteiger charge is 2.39. The van der Waals surface area contributed by atoms with Crippen molar-refractivity contribution in [2.24, 2.45) is 0 Å². The summed E-state index contributed by atoms with van der Waals surface area (Å²) < 4.78 is 6.93. The van der Waals surface area contributed by atoms with Gasteiger partial charge in [-0.05, 0) is 17.5 Å². The van der Waals surface area contributed by atoms with Crippen LogP contribution in [0.1, 0.15) is 29.6 Å². The number of hydrogen-bond acceptors (Lipinski definition) is 4. The van der Waals surface area contributed by atoms with E-state index in [2.05, 4.69) is 22.2 Å². The number of rotatable bonds is 4. The lowest BCUT2D eigenvalue weighted by Gasteiger charge is -2.39. The summed E-state index contributed by atoms with van der Waals surface area (Å²) >= 11 is 0. The summed E-state index contributed by atoms with van der Waals surface area (Å²) in [4.78, 5) is 18.9. The minimum Gasteiger partial charge on any atom is -0.375 e. The number of methoxy groups -OCH3 is 1. The Kier molecular flexibility index (Phi) is 4.50. The summed E-state index contributed by atoms with van der Waals surface area (Å²) in [7, 11) is 1.52. The Morgan fingerprint density at radius 2 is 1.65 bits per heavy atom. The molecule has 1 aromatic heterocycles. The Morgan fingerprint density at radius 3 is 2.27 bits per heavy atom. The number of aromatic nitrogens is 3. The number of ether oxygens (including phenoxy) is 1. The Hall–Kier alpha value is -2.99. The molecule has 1 aliphatic heterocycles. The van der Waals surface area contributed by atoms with Crippen LogP contribution >= 0.6 is 0 Å². The quantitative estimate of drug-likeness (QED) is 0.727. The van der Waals surface area contributed by atoms with Gasteiger partial charge in [-0.1, -0.05) is 60.7 Å². The third-order valence-electron chi connectivity index (χ3n) is 4.73. The van der Waals surface area contributed by atoms with Gasteiger partial charge in [0, 0.05) is 7.11 Å². The van der Waals surface area contributed by atoms with E-state index in [1.54, 1.807) is 4.90 Å². The first-order chi connectivity index (χ1) is 12.8. The monoisotopic (exact) mass is 348 g/mol. The third-order valence-corrected chi connectivity index (χ3v) is 4.73. The number of hydrogen-bond donors (Lipinski definition) is 0.